The van der Waals surface area contributed by atoms with Crippen molar-refractivity contribution in [2.24, 2.45) is 5.73 Å². The van der Waals surface area contributed by atoms with Crippen molar-refractivity contribution in [3.8, 4) is 0 Å². The van der Waals surface area contributed by atoms with Gasteiger partial charge in [-0.05, 0) is 6.42 Å². The third kappa shape index (κ3) is 3.25. The van der Waals surface area contributed by atoms with E-state index < -0.39 is 5.97 Å². The van der Waals surface area contributed by atoms with E-state index in [2.05, 4.69) is 6.58 Å². The fourth-order valence-electron chi connectivity index (χ4n) is 0.595. The van der Waals surface area contributed by atoms with Crippen molar-refractivity contribution in [2.75, 3.05) is 0 Å². The molecule has 0 aliphatic carbocycles. The molecule has 3 N–H and O–H groups in total. The average molecular weight is 143 g/mol. The van der Waals surface area contributed by atoms with E-state index in [1.54, 1.807) is 0 Å². The van der Waals surface area contributed by atoms with Crippen LogP contribution in [0.2, 0.25) is 0 Å². The molecular formula is C7H13NO2. The van der Waals surface area contributed by atoms with Crippen LogP contribution in [0.3, 0.4) is 0 Å². The molecule has 3 heteroatoms. The van der Waals surface area contributed by atoms with Gasteiger partial charge in [0, 0.05) is 6.04 Å². The zero-order valence-corrected chi connectivity index (χ0v) is 6.13. The van der Waals surface area contributed by atoms with Crippen LogP contribution in [0.4, 0.5) is 0 Å². The maximum absolute atomic E-state index is 10.1. The molecule has 0 aliphatic rings. The molecule has 0 rings (SSSR count). The summed E-state index contributed by atoms with van der Waals surface area (Å²) in [6.07, 6.45) is 0.723. The molecule has 1 atom stereocenters. The topological polar surface area (TPSA) is 63.3 Å². The second-order valence-corrected chi connectivity index (χ2v) is 2.22. The van der Waals surface area contributed by atoms with E-state index in [1.807, 2.05) is 6.92 Å². The molecule has 0 aliphatic heterocycles. The molecule has 0 aromatic heterocycles. The quantitative estimate of drug-likeness (QED) is 0.571. The van der Waals surface area contributed by atoms with Crippen molar-refractivity contribution < 1.29 is 9.90 Å². The Morgan fingerprint density at radius 1 is 1.80 bits per heavy atom. The molecule has 0 aromatic rings. The lowest BCUT2D eigenvalue weighted by Crippen LogP contribution is -2.25. The smallest absolute Gasteiger partial charge is 0.305 e. The molecule has 0 fully saturated rings. The molecule has 0 bridgehead atoms. The van der Waals surface area contributed by atoms with E-state index in [-0.39, 0.29) is 12.5 Å². The zero-order valence-electron chi connectivity index (χ0n) is 6.13. The summed E-state index contributed by atoms with van der Waals surface area (Å²) in [7, 11) is 0. The Labute approximate surface area is 60.5 Å². The lowest BCUT2D eigenvalue weighted by atomic mass is 10.1. The van der Waals surface area contributed by atoms with Gasteiger partial charge >= 0.3 is 5.97 Å². The van der Waals surface area contributed by atoms with Crippen LogP contribution in [-0.2, 0) is 4.79 Å². The third-order valence-electron chi connectivity index (χ3n) is 1.37. The summed E-state index contributed by atoms with van der Waals surface area (Å²) in [4.78, 5) is 10.1. The number of rotatable bonds is 4. The molecule has 0 heterocycles. The number of aliphatic carboxylic acids is 1. The Balaban J connectivity index is 3.72. The van der Waals surface area contributed by atoms with E-state index in [9.17, 15) is 4.79 Å². The maximum atomic E-state index is 10.1. The summed E-state index contributed by atoms with van der Waals surface area (Å²) >= 11 is 0. The minimum atomic E-state index is -0.873. The van der Waals surface area contributed by atoms with Crippen molar-refractivity contribution in [3.05, 3.63) is 12.2 Å². The van der Waals surface area contributed by atoms with Gasteiger partial charge in [0.25, 0.3) is 0 Å². The largest absolute Gasteiger partial charge is 0.481 e. The van der Waals surface area contributed by atoms with E-state index in [1.165, 1.54) is 0 Å². The first-order valence-electron chi connectivity index (χ1n) is 3.23. The molecule has 58 valence electrons. The van der Waals surface area contributed by atoms with E-state index in [0.717, 1.165) is 12.0 Å². The average Bonchev–Trinajstić information content (AvgIpc) is 1.85. The van der Waals surface area contributed by atoms with Crippen molar-refractivity contribution in [3.63, 3.8) is 0 Å². The highest BCUT2D eigenvalue weighted by molar-refractivity contribution is 5.68. The van der Waals surface area contributed by atoms with Gasteiger partial charge in [-0.15, -0.1) is 0 Å². The fourth-order valence-corrected chi connectivity index (χ4v) is 0.595. The first-order valence-corrected chi connectivity index (χ1v) is 3.23. The SMILES string of the molecule is C=C(CC)C(N)CC(=O)O. The van der Waals surface area contributed by atoms with Gasteiger partial charge in [0.1, 0.15) is 0 Å². The predicted octanol–water partition coefficient (Wildman–Crippen LogP) is 0.755. The van der Waals surface area contributed by atoms with Crippen LogP contribution in [0.1, 0.15) is 19.8 Å². The minimum Gasteiger partial charge on any atom is -0.481 e. The lowest BCUT2D eigenvalue weighted by Gasteiger charge is -2.09. The van der Waals surface area contributed by atoms with E-state index in [4.69, 9.17) is 10.8 Å². The van der Waals surface area contributed by atoms with Crippen LogP contribution in [0.5, 0.6) is 0 Å². The number of carbonyl (C=O) groups is 1. The lowest BCUT2D eigenvalue weighted by molar-refractivity contribution is -0.137. The summed E-state index contributed by atoms with van der Waals surface area (Å²) < 4.78 is 0. The summed E-state index contributed by atoms with van der Waals surface area (Å²) in [5, 5.41) is 8.31. The molecule has 0 aromatic carbocycles. The van der Waals surface area contributed by atoms with Gasteiger partial charge in [-0.25, -0.2) is 0 Å². The van der Waals surface area contributed by atoms with Crippen molar-refractivity contribution in [1.82, 2.24) is 0 Å². The normalized spacial score (nSPS) is 12.6. The van der Waals surface area contributed by atoms with Gasteiger partial charge in [0.2, 0.25) is 0 Å². The van der Waals surface area contributed by atoms with Crippen LogP contribution in [0, 0.1) is 0 Å². The van der Waals surface area contributed by atoms with E-state index in [0.29, 0.717) is 0 Å². The Bertz CT molecular complexity index is 143. The van der Waals surface area contributed by atoms with Crippen LogP contribution >= 0.6 is 0 Å². The molecule has 10 heavy (non-hydrogen) atoms. The number of hydrogen-bond acceptors (Lipinski definition) is 2. The monoisotopic (exact) mass is 143 g/mol. The highest BCUT2D eigenvalue weighted by atomic mass is 16.4. The van der Waals surface area contributed by atoms with Crippen LogP contribution in [-0.4, -0.2) is 17.1 Å². The first kappa shape index (κ1) is 9.17. The van der Waals surface area contributed by atoms with Crippen LogP contribution < -0.4 is 5.73 Å². The molecule has 0 saturated carbocycles. The Morgan fingerprint density at radius 3 is 2.60 bits per heavy atom. The summed E-state index contributed by atoms with van der Waals surface area (Å²) in [6, 6.07) is -0.387. The number of carboxylic acid groups (broad SMARTS) is 1. The number of carboxylic acids is 1. The second-order valence-electron chi connectivity index (χ2n) is 2.22. The molecular weight excluding hydrogens is 130 g/mol. The van der Waals surface area contributed by atoms with Crippen LogP contribution in [0.25, 0.3) is 0 Å². The Morgan fingerprint density at radius 2 is 2.30 bits per heavy atom. The summed E-state index contributed by atoms with van der Waals surface area (Å²) in [5.41, 5.74) is 6.24. The minimum absolute atomic E-state index is 0.0212. The standard InChI is InChI=1S/C7H13NO2/c1-3-5(2)6(8)4-7(9)10/h6H,2-4,8H2,1H3,(H,9,10). The Kier molecular flexibility index (Phi) is 3.72. The predicted molar refractivity (Wildman–Crippen MR) is 39.7 cm³/mol. The molecule has 0 amide bonds. The second kappa shape index (κ2) is 4.06. The highest BCUT2D eigenvalue weighted by Crippen LogP contribution is 2.04. The van der Waals surface area contributed by atoms with Gasteiger partial charge in [0.05, 0.1) is 6.42 Å². The van der Waals surface area contributed by atoms with Crippen molar-refractivity contribution >= 4 is 5.97 Å². The first-order chi connectivity index (χ1) is 4.57. The highest BCUT2D eigenvalue weighted by Gasteiger charge is 2.08. The van der Waals surface area contributed by atoms with Crippen molar-refractivity contribution in [1.29, 1.82) is 0 Å². The van der Waals surface area contributed by atoms with Crippen LogP contribution in [0.15, 0.2) is 12.2 Å². The third-order valence-corrected chi connectivity index (χ3v) is 1.37. The molecule has 3 nitrogen and oxygen atoms in total. The summed E-state index contributed by atoms with van der Waals surface area (Å²) in [5.74, 6) is -0.873. The zero-order chi connectivity index (χ0) is 8.15. The van der Waals surface area contributed by atoms with Gasteiger partial charge in [-0.3, -0.25) is 4.79 Å². The molecule has 1 unspecified atom stereocenters. The van der Waals surface area contributed by atoms with Crippen molar-refractivity contribution in [2.45, 2.75) is 25.8 Å². The van der Waals surface area contributed by atoms with Gasteiger partial charge < -0.3 is 10.8 Å². The molecule has 0 radical (unpaired) electrons. The fraction of sp³-hybridized carbons (Fsp3) is 0.571. The summed E-state index contributed by atoms with van der Waals surface area (Å²) in [6.45, 7) is 5.54. The molecule has 0 saturated heterocycles. The molecule has 0 spiro atoms. The van der Waals surface area contributed by atoms with E-state index >= 15 is 0 Å². The van der Waals surface area contributed by atoms with Gasteiger partial charge in [-0.2, -0.15) is 0 Å². The van der Waals surface area contributed by atoms with Gasteiger partial charge in [0.15, 0.2) is 0 Å². The maximum Gasteiger partial charge on any atom is 0.305 e. The number of hydrogen-bond donors (Lipinski definition) is 2. The number of nitrogens with two attached hydrogens (primary N) is 1. The Hall–Kier alpha value is -0.830. The van der Waals surface area contributed by atoms with Gasteiger partial charge in [-0.1, -0.05) is 19.1 Å².